The lowest BCUT2D eigenvalue weighted by Gasteiger charge is -2.22. The molecule has 1 atom stereocenters. The largest absolute Gasteiger partial charge is 0.459 e. The second-order valence-corrected chi connectivity index (χ2v) is 5.87. The van der Waals surface area contributed by atoms with Crippen molar-refractivity contribution in [2.24, 2.45) is 5.92 Å². The average Bonchev–Trinajstić information content (AvgIpc) is 2.93. The van der Waals surface area contributed by atoms with Crippen molar-refractivity contribution in [2.75, 3.05) is 19.8 Å². The molecule has 6 nitrogen and oxygen atoms in total. The number of aromatic nitrogens is 2. The maximum Gasteiger partial charge on any atom is 0.283 e. The summed E-state index contributed by atoms with van der Waals surface area (Å²) in [6, 6.07) is 4.31. The number of furan rings is 1. The zero-order valence-electron chi connectivity index (χ0n) is 11.9. The van der Waals surface area contributed by atoms with E-state index in [1.165, 1.54) is 12.8 Å². The van der Waals surface area contributed by atoms with Gasteiger partial charge in [0.15, 0.2) is 5.76 Å². The SMILES string of the molecule is c1coc(-c2nnc(CN(C[C@H]3CCOC3)C3CC3)o2)c1. The smallest absolute Gasteiger partial charge is 0.283 e. The van der Waals surface area contributed by atoms with Crippen molar-refractivity contribution in [1.82, 2.24) is 15.1 Å². The molecular formula is C15H19N3O3. The van der Waals surface area contributed by atoms with E-state index in [4.69, 9.17) is 13.6 Å². The van der Waals surface area contributed by atoms with Gasteiger partial charge in [0.2, 0.25) is 5.89 Å². The van der Waals surface area contributed by atoms with Gasteiger partial charge in [-0.1, -0.05) is 0 Å². The van der Waals surface area contributed by atoms with E-state index in [9.17, 15) is 0 Å². The van der Waals surface area contributed by atoms with Crippen LogP contribution >= 0.6 is 0 Å². The van der Waals surface area contributed by atoms with Crippen molar-refractivity contribution in [3.8, 4) is 11.7 Å². The van der Waals surface area contributed by atoms with Gasteiger partial charge in [-0.25, -0.2) is 0 Å². The molecule has 1 saturated heterocycles. The van der Waals surface area contributed by atoms with Gasteiger partial charge in [-0.05, 0) is 37.3 Å². The van der Waals surface area contributed by atoms with Gasteiger partial charge in [0.05, 0.1) is 19.4 Å². The Labute approximate surface area is 123 Å². The van der Waals surface area contributed by atoms with Gasteiger partial charge < -0.3 is 13.6 Å². The van der Waals surface area contributed by atoms with Crippen LogP contribution in [0.2, 0.25) is 0 Å². The summed E-state index contributed by atoms with van der Waals surface area (Å²) in [5.41, 5.74) is 0. The molecule has 6 heteroatoms. The summed E-state index contributed by atoms with van der Waals surface area (Å²) in [5, 5.41) is 8.21. The molecule has 3 heterocycles. The Morgan fingerprint density at radius 3 is 2.90 bits per heavy atom. The molecule has 2 aromatic heterocycles. The van der Waals surface area contributed by atoms with Crippen LogP contribution in [-0.4, -0.2) is 40.9 Å². The predicted octanol–water partition coefficient (Wildman–Crippen LogP) is 2.33. The molecule has 0 radical (unpaired) electrons. The molecule has 0 amide bonds. The van der Waals surface area contributed by atoms with E-state index in [0.29, 0.717) is 29.5 Å². The maximum absolute atomic E-state index is 5.71. The zero-order valence-corrected chi connectivity index (χ0v) is 11.9. The molecule has 0 spiro atoms. The summed E-state index contributed by atoms with van der Waals surface area (Å²) in [4.78, 5) is 2.46. The highest BCUT2D eigenvalue weighted by Gasteiger charge is 2.32. The standard InChI is InChI=1S/C15H19N3O3/c1-2-13(20-6-1)15-17-16-14(21-15)9-18(12-3-4-12)8-11-5-7-19-10-11/h1-2,6,11-12H,3-5,7-10H2/t11-/m1/s1. The Hall–Kier alpha value is -1.66. The lowest BCUT2D eigenvalue weighted by atomic mass is 10.1. The van der Waals surface area contributed by atoms with Crippen LogP contribution in [0.1, 0.15) is 25.2 Å². The molecule has 1 aliphatic carbocycles. The van der Waals surface area contributed by atoms with E-state index in [1.807, 2.05) is 12.1 Å². The third kappa shape index (κ3) is 3.01. The fraction of sp³-hybridized carbons (Fsp3) is 0.600. The Bertz CT molecular complexity index is 571. The number of rotatable bonds is 6. The molecular weight excluding hydrogens is 270 g/mol. The number of ether oxygens (including phenoxy) is 1. The van der Waals surface area contributed by atoms with Crippen LogP contribution in [0.3, 0.4) is 0 Å². The van der Waals surface area contributed by atoms with Crippen LogP contribution in [0, 0.1) is 5.92 Å². The number of hydrogen-bond acceptors (Lipinski definition) is 6. The molecule has 0 bridgehead atoms. The van der Waals surface area contributed by atoms with Gasteiger partial charge >= 0.3 is 0 Å². The summed E-state index contributed by atoms with van der Waals surface area (Å²) < 4.78 is 16.5. The minimum atomic E-state index is 0.454. The molecule has 0 unspecified atom stereocenters. The van der Waals surface area contributed by atoms with Gasteiger partial charge in [-0.15, -0.1) is 10.2 Å². The molecule has 0 N–H and O–H groups in total. The Morgan fingerprint density at radius 1 is 1.24 bits per heavy atom. The first kappa shape index (κ1) is 13.0. The summed E-state index contributed by atoms with van der Waals surface area (Å²) in [5.74, 6) is 2.37. The normalized spacial score (nSPS) is 22.2. The summed E-state index contributed by atoms with van der Waals surface area (Å²) in [6.45, 7) is 3.55. The molecule has 1 saturated carbocycles. The van der Waals surface area contributed by atoms with Crippen LogP contribution in [0.5, 0.6) is 0 Å². The van der Waals surface area contributed by atoms with E-state index in [-0.39, 0.29) is 0 Å². The third-order valence-corrected chi connectivity index (χ3v) is 4.12. The van der Waals surface area contributed by atoms with Crippen LogP contribution < -0.4 is 0 Å². The van der Waals surface area contributed by atoms with Gasteiger partial charge in [-0.2, -0.15) is 0 Å². The molecule has 0 aromatic carbocycles. The number of hydrogen-bond donors (Lipinski definition) is 0. The molecule has 112 valence electrons. The molecule has 2 fully saturated rings. The average molecular weight is 289 g/mol. The van der Waals surface area contributed by atoms with E-state index in [2.05, 4.69) is 15.1 Å². The summed E-state index contributed by atoms with van der Waals surface area (Å²) >= 11 is 0. The minimum Gasteiger partial charge on any atom is -0.459 e. The fourth-order valence-electron chi connectivity index (χ4n) is 2.83. The first-order valence-electron chi connectivity index (χ1n) is 7.56. The van der Waals surface area contributed by atoms with Crippen molar-refractivity contribution < 1.29 is 13.6 Å². The highest BCUT2D eigenvalue weighted by Crippen LogP contribution is 2.30. The Morgan fingerprint density at radius 2 is 2.19 bits per heavy atom. The predicted molar refractivity (Wildman–Crippen MR) is 74.4 cm³/mol. The quantitative estimate of drug-likeness (QED) is 0.813. The fourth-order valence-corrected chi connectivity index (χ4v) is 2.83. The highest BCUT2D eigenvalue weighted by atomic mass is 16.5. The van der Waals surface area contributed by atoms with Crippen molar-refractivity contribution in [3.05, 3.63) is 24.3 Å². The van der Waals surface area contributed by atoms with Gasteiger partial charge in [0.1, 0.15) is 0 Å². The second kappa shape index (κ2) is 5.61. The van der Waals surface area contributed by atoms with Crippen LogP contribution in [0.4, 0.5) is 0 Å². The molecule has 2 aliphatic rings. The molecule has 4 rings (SSSR count). The lowest BCUT2D eigenvalue weighted by molar-refractivity contribution is 0.156. The topological polar surface area (TPSA) is 64.5 Å². The van der Waals surface area contributed by atoms with Crippen molar-refractivity contribution in [3.63, 3.8) is 0 Å². The third-order valence-electron chi connectivity index (χ3n) is 4.12. The monoisotopic (exact) mass is 289 g/mol. The van der Waals surface area contributed by atoms with Gasteiger partial charge in [-0.3, -0.25) is 4.90 Å². The number of nitrogens with zero attached hydrogens (tertiary/aromatic N) is 3. The van der Waals surface area contributed by atoms with E-state index in [1.54, 1.807) is 6.26 Å². The molecule has 21 heavy (non-hydrogen) atoms. The van der Waals surface area contributed by atoms with Gasteiger partial charge in [0.25, 0.3) is 5.89 Å². The maximum atomic E-state index is 5.71. The minimum absolute atomic E-state index is 0.454. The van der Waals surface area contributed by atoms with Crippen molar-refractivity contribution in [1.29, 1.82) is 0 Å². The van der Waals surface area contributed by atoms with Crippen LogP contribution in [0.25, 0.3) is 11.7 Å². The van der Waals surface area contributed by atoms with E-state index in [0.717, 1.165) is 32.7 Å². The first-order valence-corrected chi connectivity index (χ1v) is 7.56. The molecule has 1 aliphatic heterocycles. The second-order valence-electron chi connectivity index (χ2n) is 5.87. The molecule has 2 aromatic rings. The summed E-state index contributed by atoms with van der Waals surface area (Å²) in [6.07, 6.45) is 5.31. The van der Waals surface area contributed by atoms with Gasteiger partial charge in [0, 0.05) is 19.2 Å². The Balaban J connectivity index is 1.43. The van der Waals surface area contributed by atoms with E-state index >= 15 is 0 Å². The Kier molecular flexibility index (Phi) is 3.48. The highest BCUT2D eigenvalue weighted by molar-refractivity contribution is 5.42. The van der Waals surface area contributed by atoms with Crippen LogP contribution in [0.15, 0.2) is 27.2 Å². The first-order chi connectivity index (χ1) is 10.4. The van der Waals surface area contributed by atoms with Crippen molar-refractivity contribution >= 4 is 0 Å². The van der Waals surface area contributed by atoms with Crippen molar-refractivity contribution in [2.45, 2.75) is 31.8 Å². The van der Waals surface area contributed by atoms with Crippen LogP contribution in [-0.2, 0) is 11.3 Å². The lowest BCUT2D eigenvalue weighted by Crippen LogP contribution is -2.31. The summed E-state index contributed by atoms with van der Waals surface area (Å²) in [7, 11) is 0. The zero-order chi connectivity index (χ0) is 14.1. The van der Waals surface area contributed by atoms with E-state index < -0.39 is 0 Å².